The molecule has 14 heteroatoms. The molecule has 4 aromatic heterocycles. The zero-order valence-electron chi connectivity index (χ0n) is 22.5. The molecule has 1 aliphatic heterocycles. The predicted octanol–water partition coefficient (Wildman–Crippen LogP) is 3.64. The van der Waals surface area contributed by atoms with Crippen LogP contribution >= 0.6 is 0 Å². The lowest BCUT2D eigenvalue weighted by atomic mass is 9.87. The summed E-state index contributed by atoms with van der Waals surface area (Å²) in [6.07, 6.45) is 7.66. The van der Waals surface area contributed by atoms with Crippen LogP contribution in [-0.2, 0) is 20.8 Å². The van der Waals surface area contributed by atoms with Gasteiger partial charge in [0.2, 0.25) is 12.3 Å². The lowest BCUT2D eigenvalue weighted by molar-refractivity contribution is -0.214. The lowest BCUT2D eigenvalue weighted by Crippen LogP contribution is -2.33. The molecule has 1 saturated carbocycles. The van der Waals surface area contributed by atoms with Gasteiger partial charge in [0.1, 0.15) is 11.5 Å². The number of aryl methyl sites for hydroxylation is 1. The highest BCUT2D eigenvalue weighted by atomic mass is 19.1. The van der Waals surface area contributed by atoms with Crippen molar-refractivity contribution < 1.29 is 18.8 Å². The minimum Gasteiger partial charge on any atom is -0.322 e. The van der Waals surface area contributed by atoms with E-state index in [4.69, 9.17) is 14.8 Å². The van der Waals surface area contributed by atoms with E-state index in [2.05, 4.69) is 30.9 Å². The monoisotopic (exact) mass is 560 g/mol. The molecule has 6 rings (SSSR count). The van der Waals surface area contributed by atoms with Gasteiger partial charge in [0.15, 0.2) is 23.3 Å². The molecule has 0 bridgehead atoms. The maximum atomic E-state index is 13.3. The summed E-state index contributed by atoms with van der Waals surface area (Å²) in [6, 6.07) is 5.00. The van der Waals surface area contributed by atoms with Crippen molar-refractivity contribution in [2.75, 3.05) is 10.6 Å². The molecule has 0 spiro atoms. The number of fused-ring (bicyclic) bond motifs is 1. The summed E-state index contributed by atoms with van der Waals surface area (Å²) in [7, 11) is 0. The van der Waals surface area contributed by atoms with E-state index in [0.717, 1.165) is 30.3 Å². The molecule has 4 aromatic rings. The van der Waals surface area contributed by atoms with Crippen molar-refractivity contribution in [1.29, 1.82) is 0 Å². The number of halogens is 1. The van der Waals surface area contributed by atoms with Gasteiger partial charge in [0.05, 0.1) is 36.7 Å². The Bertz CT molecular complexity index is 1560. The summed E-state index contributed by atoms with van der Waals surface area (Å²) in [6.45, 7) is 3.76. The Morgan fingerprint density at radius 2 is 2.05 bits per heavy atom. The van der Waals surface area contributed by atoms with Gasteiger partial charge in [-0.15, -0.1) is 0 Å². The van der Waals surface area contributed by atoms with Gasteiger partial charge < -0.3 is 10.6 Å². The number of anilines is 3. The van der Waals surface area contributed by atoms with Crippen LogP contribution in [0.2, 0.25) is 0 Å². The standard InChI is InChI=1S/C27H29FN10O3/c1-15-9-22(36-35-15)32-27-25-21(10-24(40)33-25)31-26(34-27)17-3-6-20(7-4-17)41-38(14-39)16(2)18-5-8-23(29-11-18)37-13-19(28)12-30-37/h5,8-9,11-14,16-17,20H,3-4,6-7,10H2,1-2H3,(H,33,40)(H2,31,32,34,35,36)/t16-,17?,20?/m0/s1. The first-order valence-electron chi connectivity index (χ1n) is 13.4. The van der Waals surface area contributed by atoms with Crippen molar-refractivity contribution in [2.24, 2.45) is 0 Å². The summed E-state index contributed by atoms with van der Waals surface area (Å²) >= 11 is 0. The highest BCUT2D eigenvalue weighted by Crippen LogP contribution is 2.37. The first-order chi connectivity index (χ1) is 19.9. The minimum atomic E-state index is -0.449. The summed E-state index contributed by atoms with van der Waals surface area (Å²) in [4.78, 5) is 44.0. The van der Waals surface area contributed by atoms with Crippen LogP contribution < -0.4 is 10.6 Å². The maximum Gasteiger partial charge on any atom is 0.233 e. The Morgan fingerprint density at radius 3 is 2.71 bits per heavy atom. The molecule has 0 saturated heterocycles. The van der Waals surface area contributed by atoms with Crippen LogP contribution in [0.1, 0.15) is 67.3 Å². The van der Waals surface area contributed by atoms with E-state index in [1.807, 2.05) is 26.0 Å². The number of carbonyl (C=O) groups is 2. The first-order valence-corrected chi connectivity index (χ1v) is 13.4. The molecule has 0 unspecified atom stereocenters. The minimum absolute atomic E-state index is 0.0864. The molecule has 0 aromatic carbocycles. The van der Waals surface area contributed by atoms with E-state index < -0.39 is 5.82 Å². The van der Waals surface area contributed by atoms with Gasteiger partial charge in [-0.1, -0.05) is 6.07 Å². The number of carbonyl (C=O) groups excluding carboxylic acids is 2. The van der Waals surface area contributed by atoms with Crippen LogP contribution in [-0.4, -0.2) is 58.4 Å². The normalized spacial score (nSPS) is 19.0. The van der Waals surface area contributed by atoms with Gasteiger partial charge in [-0.3, -0.25) is 19.5 Å². The fourth-order valence-electron chi connectivity index (χ4n) is 5.16. The third-order valence-corrected chi connectivity index (χ3v) is 7.38. The van der Waals surface area contributed by atoms with E-state index >= 15 is 0 Å². The quantitative estimate of drug-likeness (QED) is 0.205. The zero-order chi connectivity index (χ0) is 28.5. The van der Waals surface area contributed by atoms with E-state index in [9.17, 15) is 14.0 Å². The number of aromatic nitrogens is 7. The van der Waals surface area contributed by atoms with Crippen molar-refractivity contribution in [3.63, 3.8) is 0 Å². The zero-order valence-corrected chi connectivity index (χ0v) is 22.5. The first kappa shape index (κ1) is 26.5. The lowest BCUT2D eigenvalue weighted by Gasteiger charge is -2.33. The Balaban J connectivity index is 1.10. The van der Waals surface area contributed by atoms with Crippen LogP contribution in [0.4, 0.5) is 21.7 Å². The van der Waals surface area contributed by atoms with Crippen molar-refractivity contribution in [1.82, 2.24) is 40.0 Å². The molecule has 2 amide bonds. The summed E-state index contributed by atoms with van der Waals surface area (Å²) in [5.74, 6) is 1.80. The summed E-state index contributed by atoms with van der Waals surface area (Å²) in [5, 5.41) is 18.4. The maximum absolute atomic E-state index is 13.3. The van der Waals surface area contributed by atoms with Crippen LogP contribution in [0.5, 0.6) is 0 Å². The number of nitrogens with one attached hydrogen (secondary N) is 3. The highest BCUT2D eigenvalue weighted by molar-refractivity contribution is 6.01. The van der Waals surface area contributed by atoms with Gasteiger partial charge in [-0.05, 0) is 51.2 Å². The summed E-state index contributed by atoms with van der Waals surface area (Å²) < 4.78 is 14.6. The van der Waals surface area contributed by atoms with Gasteiger partial charge in [0.25, 0.3) is 0 Å². The molecule has 1 fully saturated rings. The third-order valence-electron chi connectivity index (χ3n) is 7.38. The number of aromatic amines is 1. The van der Waals surface area contributed by atoms with E-state index in [0.29, 0.717) is 53.9 Å². The van der Waals surface area contributed by atoms with Gasteiger partial charge in [-0.25, -0.2) is 29.1 Å². The Hall–Kier alpha value is -4.72. The average Bonchev–Trinajstić information content (AvgIpc) is 3.71. The fourth-order valence-corrected chi connectivity index (χ4v) is 5.16. The second-order valence-corrected chi connectivity index (χ2v) is 10.3. The third kappa shape index (κ3) is 5.63. The van der Waals surface area contributed by atoms with Crippen molar-refractivity contribution in [3.05, 3.63) is 65.4 Å². The molecule has 0 radical (unpaired) electrons. The van der Waals surface area contributed by atoms with E-state index in [-0.39, 0.29) is 30.4 Å². The number of pyridine rings is 1. The molecule has 5 heterocycles. The van der Waals surface area contributed by atoms with Crippen molar-refractivity contribution in [2.45, 2.75) is 64.0 Å². The number of H-pyrrole nitrogens is 1. The Kier molecular flexibility index (Phi) is 7.14. The highest BCUT2D eigenvalue weighted by Gasteiger charge is 2.31. The average molecular weight is 561 g/mol. The second kappa shape index (κ2) is 11.0. The van der Waals surface area contributed by atoms with E-state index in [1.54, 1.807) is 12.3 Å². The molecule has 13 nitrogen and oxygen atoms in total. The Morgan fingerprint density at radius 1 is 1.22 bits per heavy atom. The number of hydrogen-bond acceptors (Lipinski definition) is 9. The number of hydrogen-bond donors (Lipinski definition) is 3. The van der Waals surface area contributed by atoms with Crippen molar-refractivity contribution >= 4 is 29.6 Å². The molecular weight excluding hydrogens is 531 g/mol. The molecule has 1 atom stereocenters. The molecule has 212 valence electrons. The predicted molar refractivity (Wildman–Crippen MR) is 145 cm³/mol. The van der Waals surface area contributed by atoms with Crippen LogP contribution in [0.25, 0.3) is 5.82 Å². The number of nitrogens with zero attached hydrogens (tertiary/aromatic N) is 7. The van der Waals surface area contributed by atoms with Gasteiger partial charge in [-0.2, -0.15) is 10.2 Å². The molecule has 1 aliphatic carbocycles. The fraction of sp³-hybridized carbons (Fsp3) is 0.370. The Labute approximate surface area is 234 Å². The number of amides is 2. The number of rotatable bonds is 9. The largest absolute Gasteiger partial charge is 0.322 e. The second-order valence-electron chi connectivity index (χ2n) is 10.3. The molecule has 3 N–H and O–H groups in total. The summed E-state index contributed by atoms with van der Waals surface area (Å²) in [5.41, 5.74) is 2.93. The SMILES string of the molecule is Cc1cc(Nc2nc(C3CCC(ON(C=O)[C@@H](C)c4ccc(-n5cc(F)cn5)nc4)CC3)nc3c2NC(=O)C3)n[nH]1. The van der Waals surface area contributed by atoms with Crippen LogP contribution in [0.3, 0.4) is 0 Å². The molecule has 41 heavy (non-hydrogen) atoms. The van der Waals surface area contributed by atoms with Crippen molar-refractivity contribution in [3.8, 4) is 5.82 Å². The smallest absolute Gasteiger partial charge is 0.233 e. The topological polar surface area (TPSA) is 156 Å². The van der Waals surface area contributed by atoms with Crippen LogP contribution in [0, 0.1) is 12.7 Å². The van der Waals surface area contributed by atoms with Gasteiger partial charge >= 0.3 is 0 Å². The van der Waals surface area contributed by atoms with Gasteiger partial charge in [0, 0.05) is 23.9 Å². The van der Waals surface area contributed by atoms with E-state index in [1.165, 1.54) is 15.9 Å². The molecular formula is C27H29FN10O3. The molecule has 2 aliphatic rings. The number of hydroxylamine groups is 2. The van der Waals surface area contributed by atoms with Crippen LogP contribution in [0.15, 0.2) is 36.8 Å².